The second-order valence-corrected chi connectivity index (χ2v) is 6.48. The standard InChI is InChI=1S/C15H25NO2/c1-10-5-2-3-8-13(10)18-15(17)14-12-7-4-6-11(12)9-16-14/h10-14,16H,2-9H2,1H3. The van der Waals surface area contributed by atoms with Gasteiger partial charge in [-0.1, -0.05) is 19.8 Å². The molecule has 3 aliphatic rings. The quantitative estimate of drug-likeness (QED) is 0.766. The van der Waals surface area contributed by atoms with Crippen LogP contribution in [0.15, 0.2) is 0 Å². The van der Waals surface area contributed by atoms with Gasteiger partial charge in [-0.2, -0.15) is 0 Å². The first-order valence-corrected chi connectivity index (χ1v) is 7.69. The Kier molecular flexibility index (Phi) is 3.60. The molecule has 0 radical (unpaired) electrons. The molecule has 0 aromatic rings. The van der Waals surface area contributed by atoms with Crippen molar-refractivity contribution in [2.75, 3.05) is 6.54 Å². The highest BCUT2D eigenvalue weighted by atomic mass is 16.5. The molecule has 0 aromatic heterocycles. The monoisotopic (exact) mass is 251 g/mol. The van der Waals surface area contributed by atoms with Gasteiger partial charge in [0.1, 0.15) is 12.1 Å². The van der Waals surface area contributed by atoms with Gasteiger partial charge in [0.25, 0.3) is 0 Å². The van der Waals surface area contributed by atoms with E-state index in [0.29, 0.717) is 11.8 Å². The zero-order chi connectivity index (χ0) is 12.5. The molecular weight excluding hydrogens is 226 g/mol. The third-order valence-electron chi connectivity index (χ3n) is 5.30. The van der Waals surface area contributed by atoms with Crippen molar-refractivity contribution in [1.82, 2.24) is 5.32 Å². The number of hydrogen-bond donors (Lipinski definition) is 1. The molecule has 3 nitrogen and oxygen atoms in total. The molecule has 1 saturated heterocycles. The lowest BCUT2D eigenvalue weighted by Gasteiger charge is -2.30. The fourth-order valence-electron chi connectivity index (χ4n) is 4.13. The lowest BCUT2D eigenvalue weighted by molar-refractivity contribution is -0.156. The van der Waals surface area contributed by atoms with Crippen LogP contribution in [0.3, 0.4) is 0 Å². The molecule has 102 valence electrons. The zero-order valence-corrected chi connectivity index (χ0v) is 11.4. The summed E-state index contributed by atoms with van der Waals surface area (Å²) in [6, 6.07) is -0.00775. The van der Waals surface area contributed by atoms with Crippen LogP contribution in [0.4, 0.5) is 0 Å². The molecule has 0 bridgehead atoms. The molecule has 18 heavy (non-hydrogen) atoms. The van der Waals surface area contributed by atoms with Crippen LogP contribution in [0, 0.1) is 17.8 Å². The lowest BCUT2D eigenvalue weighted by Crippen LogP contribution is -2.40. The number of rotatable bonds is 2. The lowest BCUT2D eigenvalue weighted by atomic mass is 9.87. The Morgan fingerprint density at radius 3 is 2.78 bits per heavy atom. The summed E-state index contributed by atoms with van der Waals surface area (Å²) in [4.78, 5) is 12.3. The van der Waals surface area contributed by atoms with Crippen LogP contribution in [0.1, 0.15) is 51.9 Å². The molecule has 3 fully saturated rings. The molecule has 5 atom stereocenters. The number of esters is 1. The highest BCUT2D eigenvalue weighted by Gasteiger charge is 2.44. The first-order chi connectivity index (χ1) is 8.75. The van der Waals surface area contributed by atoms with Crippen LogP contribution in [-0.2, 0) is 9.53 Å². The van der Waals surface area contributed by atoms with Crippen molar-refractivity contribution in [2.45, 2.75) is 64.0 Å². The maximum absolute atomic E-state index is 12.3. The van der Waals surface area contributed by atoms with Crippen molar-refractivity contribution in [3.63, 3.8) is 0 Å². The van der Waals surface area contributed by atoms with Crippen molar-refractivity contribution >= 4 is 5.97 Å². The average molecular weight is 251 g/mol. The third-order valence-corrected chi connectivity index (χ3v) is 5.30. The summed E-state index contributed by atoms with van der Waals surface area (Å²) in [6.07, 6.45) is 8.75. The maximum Gasteiger partial charge on any atom is 0.323 e. The Labute approximate surface area is 110 Å². The maximum atomic E-state index is 12.3. The predicted octanol–water partition coefficient (Wildman–Crippen LogP) is 2.50. The SMILES string of the molecule is CC1CCCCC1OC(=O)C1NCC2CCCC21. The average Bonchev–Trinajstić information content (AvgIpc) is 2.93. The number of carbonyl (C=O) groups is 1. The molecule has 2 saturated carbocycles. The minimum atomic E-state index is -0.00775. The van der Waals surface area contributed by atoms with Crippen molar-refractivity contribution in [1.29, 1.82) is 0 Å². The largest absolute Gasteiger partial charge is 0.461 e. The number of hydrogen-bond acceptors (Lipinski definition) is 3. The van der Waals surface area contributed by atoms with E-state index >= 15 is 0 Å². The van der Waals surface area contributed by atoms with Crippen molar-refractivity contribution in [3.8, 4) is 0 Å². The van der Waals surface area contributed by atoms with Gasteiger partial charge in [-0.25, -0.2) is 0 Å². The molecule has 1 heterocycles. The Balaban J connectivity index is 1.57. The molecular formula is C15H25NO2. The number of carbonyl (C=O) groups excluding carboxylic acids is 1. The topological polar surface area (TPSA) is 38.3 Å². The van der Waals surface area contributed by atoms with Crippen LogP contribution >= 0.6 is 0 Å². The third kappa shape index (κ3) is 2.29. The molecule has 3 heteroatoms. The normalized spacial score (nSPS) is 43.7. The molecule has 1 aliphatic heterocycles. The van der Waals surface area contributed by atoms with Crippen LogP contribution in [0.25, 0.3) is 0 Å². The van der Waals surface area contributed by atoms with Gasteiger partial charge >= 0.3 is 5.97 Å². The highest BCUT2D eigenvalue weighted by molar-refractivity contribution is 5.77. The number of nitrogens with one attached hydrogen (secondary N) is 1. The molecule has 0 amide bonds. The minimum absolute atomic E-state index is 0.00775. The molecule has 0 spiro atoms. The van der Waals surface area contributed by atoms with Crippen LogP contribution < -0.4 is 5.32 Å². The van der Waals surface area contributed by atoms with Gasteiger partial charge in [0, 0.05) is 0 Å². The summed E-state index contributed by atoms with van der Waals surface area (Å²) in [7, 11) is 0. The Hall–Kier alpha value is -0.570. The summed E-state index contributed by atoms with van der Waals surface area (Å²) in [6.45, 7) is 3.24. The first kappa shape index (κ1) is 12.5. The summed E-state index contributed by atoms with van der Waals surface area (Å²) in [5.74, 6) is 1.86. The van der Waals surface area contributed by atoms with Crippen molar-refractivity contribution < 1.29 is 9.53 Å². The van der Waals surface area contributed by atoms with Gasteiger partial charge in [0.2, 0.25) is 0 Å². The van der Waals surface area contributed by atoms with Gasteiger partial charge in [-0.3, -0.25) is 4.79 Å². The van der Waals surface area contributed by atoms with Gasteiger partial charge < -0.3 is 10.1 Å². The summed E-state index contributed by atoms with van der Waals surface area (Å²) >= 11 is 0. The van der Waals surface area contributed by atoms with E-state index in [9.17, 15) is 4.79 Å². The van der Waals surface area contributed by atoms with E-state index in [1.54, 1.807) is 0 Å². The molecule has 5 unspecified atom stereocenters. The Morgan fingerprint density at radius 2 is 1.94 bits per heavy atom. The second kappa shape index (κ2) is 5.20. The molecule has 2 aliphatic carbocycles. The van der Waals surface area contributed by atoms with Crippen LogP contribution in [0.5, 0.6) is 0 Å². The van der Waals surface area contributed by atoms with Crippen LogP contribution in [-0.4, -0.2) is 24.7 Å². The van der Waals surface area contributed by atoms with E-state index in [2.05, 4.69) is 12.2 Å². The van der Waals surface area contributed by atoms with Gasteiger partial charge in [0.15, 0.2) is 0 Å². The molecule has 0 aromatic carbocycles. The Morgan fingerprint density at radius 1 is 1.11 bits per heavy atom. The zero-order valence-electron chi connectivity index (χ0n) is 11.4. The fraction of sp³-hybridized carbons (Fsp3) is 0.933. The first-order valence-electron chi connectivity index (χ1n) is 7.69. The fourth-order valence-corrected chi connectivity index (χ4v) is 4.13. The molecule has 3 rings (SSSR count). The van der Waals surface area contributed by atoms with E-state index in [4.69, 9.17) is 4.74 Å². The minimum Gasteiger partial charge on any atom is -0.461 e. The smallest absolute Gasteiger partial charge is 0.323 e. The van der Waals surface area contributed by atoms with Crippen LogP contribution in [0.2, 0.25) is 0 Å². The molecule has 1 N–H and O–H groups in total. The summed E-state index contributed by atoms with van der Waals surface area (Å²) in [5, 5.41) is 3.39. The number of fused-ring (bicyclic) bond motifs is 1. The van der Waals surface area contributed by atoms with Gasteiger partial charge in [-0.15, -0.1) is 0 Å². The van der Waals surface area contributed by atoms with Gasteiger partial charge in [0.05, 0.1) is 0 Å². The van der Waals surface area contributed by atoms with E-state index < -0.39 is 0 Å². The predicted molar refractivity (Wildman–Crippen MR) is 70.1 cm³/mol. The summed E-state index contributed by atoms with van der Waals surface area (Å²) in [5.41, 5.74) is 0. The van der Waals surface area contributed by atoms with E-state index in [0.717, 1.165) is 18.9 Å². The number of ether oxygens (including phenoxy) is 1. The van der Waals surface area contributed by atoms with Crippen molar-refractivity contribution in [3.05, 3.63) is 0 Å². The van der Waals surface area contributed by atoms with E-state index in [-0.39, 0.29) is 18.1 Å². The highest BCUT2D eigenvalue weighted by Crippen LogP contribution is 2.38. The van der Waals surface area contributed by atoms with Gasteiger partial charge in [-0.05, 0) is 56.4 Å². The van der Waals surface area contributed by atoms with E-state index in [1.807, 2.05) is 0 Å². The van der Waals surface area contributed by atoms with Crippen molar-refractivity contribution in [2.24, 2.45) is 17.8 Å². The summed E-state index contributed by atoms with van der Waals surface area (Å²) < 4.78 is 5.79. The van der Waals surface area contributed by atoms with E-state index in [1.165, 1.54) is 38.5 Å². The Bertz CT molecular complexity index is 318. The second-order valence-electron chi connectivity index (χ2n) is 6.48.